The number of rotatable bonds is 1. The summed E-state index contributed by atoms with van der Waals surface area (Å²) in [7, 11) is 0. The zero-order valence-electron chi connectivity index (χ0n) is 9.54. The van der Waals surface area contributed by atoms with E-state index in [1.165, 1.54) is 11.3 Å². The lowest BCUT2D eigenvalue weighted by Gasteiger charge is -2.41. The maximum Gasteiger partial charge on any atom is 0.0343 e. The van der Waals surface area contributed by atoms with Gasteiger partial charge in [0.1, 0.15) is 0 Å². The Morgan fingerprint density at radius 2 is 2.14 bits per heavy atom. The molecular formula is C12H20N2. The summed E-state index contributed by atoms with van der Waals surface area (Å²) in [4.78, 5) is 5.94. The standard InChI is InChI=1S/C12H20N2/c1-8(2)14-9(3)7-12-11(10(14)4)5-6-13-12/h5-6,8-10,13H,7H2,1-4H3. The van der Waals surface area contributed by atoms with Crippen LogP contribution in [0, 0.1) is 0 Å². The minimum absolute atomic E-state index is 0.556. The number of nitrogens with zero attached hydrogens (tertiary/aromatic N) is 1. The molecule has 2 heterocycles. The van der Waals surface area contributed by atoms with Crippen LogP contribution in [0.5, 0.6) is 0 Å². The minimum Gasteiger partial charge on any atom is -0.365 e. The third-order valence-corrected chi connectivity index (χ3v) is 3.37. The number of fused-ring (bicyclic) bond motifs is 1. The number of nitrogens with one attached hydrogen (secondary N) is 1. The lowest BCUT2D eigenvalue weighted by atomic mass is 9.94. The van der Waals surface area contributed by atoms with Gasteiger partial charge in [-0.2, -0.15) is 0 Å². The van der Waals surface area contributed by atoms with Crippen molar-refractivity contribution in [3.8, 4) is 0 Å². The van der Waals surface area contributed by atoms with E-state index in [-0.39, 0.29) is 0 Å². The topological polar surface area (TPSA) is 19.0 Å². The second-order valence-electron chi connectivity index (χ2n) is 4.68. The molecule has 0 saturated carbocycles. The van der Waals surface area contributed by atoms with Gasteiger partial charge in [-0.3, -0.25) is 4.90 Å². The van der Waals surface area contributed by atoms with Crippen molar-refractivity contribution in [1.82, 2.24) is 9.88 Å². The van der Waals surface area contributed by atoms with Gasteiger partial charge in [0.05, 0.1) is 0 Å². The van der Waals surface area contributed by atoms with Crippen molar-refractivity contribution in [3.05, 3.63) is 23.5 Å². The molecule has 1 aromatic rings. The fourth-order valence-corrected chi connectivity index (χ4v) is 2.88. The molecule has 0 bridgehead atoms. The first-order valence-corrected chi connectivity index (χ1v) is 5.55. The van der Waals surface area contributed by atoms with Gasteiger partial charge in [-0.15, -0.1) is 0 Å². The molecule has 14 heavy (non-hydrogen) atoms. The predicted molar refractivity (Wildman–Crippen MR) is 59.3 cm³/mol. The van der Waals surface area contributed by atoms with Gasteiger partial charge < -0.3 is 4.98 Å². The number of hydrogen-bond acceptors (Lipinski definition) is 1. The summed E-state index contributed by atoms with van der Waals surface area (Å²) in [6.45, 7) is 9.19. The van der Waals surface area contributed by atoms with Crippen molar-refractivity contribution in [2.45, 2.75) is 52.2 Å². The van der Waals surface area contributed by atoms with Gasteiger partial charge in [0.15, 0.2) is 0 Å². The molecule has 2 nitrogen and oxygen atoms in total. The third kappa shape index (κ3) is 1.38. The van der Waals surface area contributed by atoms with E-state index in [1.807, 2.05) is 0 Å². The van der Waals surface area contributed by atoms with Gasteiger partial charge in [-0.05, 0) is 39.3 Å². The molecule has 0 aliphatic carbocycles. The molecule has 2 unspecified atom stereocenters. The SMILES string of the molecule is CC(C)N1C(C)Cc2[nH]ccc2C1C. The molecule has 2 rings (SSSR count). The number of hydrogen-bond donors (Lipinski definition) is 1. The van der Waals surface area contributed by atoms with Gasteiger partial charge in [0, 0.05) is 36.4 Å². The fourth-order valence-electron chi connectivity index (χ4n) is 2.88. The van der Waals surface area contributed by atoms with Crippen molar-refractivity contribution in [2.75, 3.05) is 0 Å². The van der Waals surface area contributed by atoms with Crippen LogP contribution in [0.2, 0.25) is 0 Å². The van der Waals surface area contributed by atoms with Crippen molar-refractivity contribution < 1.29 is 0 Å². The van der Waals surface area contributed by atoms with Crippen LogP contribution in [0.25, 0.3) is 0 Å². The van der Waals surface area contributed by atoms with Gasteiger partial charge >= 0.3 is 0 Å². The molecule has 1 aliphatic heterocycles. The smallest absolute Gasteiger partial charge is 0.0343 e. The predicted octanol–water partition coefficient (Wildman–Crippen LogP) is 2.73. The maximum absolute atomic E-state index is 3.35. The van der Waals surface area contributed by atoms with Crippen LogP contribution in [0.15, 0.2) is 12.3 Å². The molecule has 1 aliphatic rings. The highest BCUT2D eigenvalue weighted by molar-refractivity contribution is 5.28. The lowest BCUT2D eigenvalue weighted by molar-refractivity contribution is 0.0992. The van der Waals surface area contributed by atoms with Crippen molar-refractivity contribution in [2.24, 2.45) is 0 Å². The van der Waals surface area contributed by atoms with Gasteiger partial charge in [0.25, 0.3) is 0 Å². The maximum atomic E-state index is 3.35. The first kappa shape index (κ1) is 9.78. The Morgan fingerprint density at radius 3 is 2.79 bits per heavy atom. The van der Waals surface area contributed by atoms with Crippen LogP contribution in [0.1, 0.15) is 45.0 Å². The van der Waals surface area contributed by atoms with E-state index in [9.17, 15) is 0 Å². The zero-order chi connectivity index (χ0) is 10.3. The second-order valence-corrected chi connectivity index (χ2v) is 4.68. The molecule has 0 saturated heterocycles. The van der Waals surface area contributed by atoms with Crippen LogP contribution in [0.4, 0.5) is 0 Å². The summed E-state index contributed by atoms with van der Waals surface area (Å²) in [5.74, 6) is 0. The fraction of sp³-hybridized carbons (Fsp3) is 0.667. The lowest BCUT2D eigenvalue weighted by Crippen LogP contribution is -2.44. The average molecular weight is 192 g/mol. The van der Waals surface area contributed by atoms with Crippen molar-refractivity contribution >= 4 is 0 Å². The Morgan fingerprint density at radius 1 is 1.43 bits per heavy atom. The Kier molecular flexibility index (Phi) is 2.40. The van der Waals surface area contributed by atoms with E-state index < -0.39 is 0 Å². The largest absolute Gasteiger partial charge is 0.365 e. The second kappa shape index (κ2) is 3.43. The van der Waals surface area contributed by atoms with Crippen LogP contribution < -0.4 is 0 Å². The summed E-state index contributed by atoms with van der Waals surface area (Å²) < 4.78 is 0. The quantitative estimate of drug-likeness (QED) is 0.725. The Bertz CT molecular complexity index is 314. The molecule has 0 spiro atoms. The number of aromatic amines is 1. The molecule has 1 N–H and O–H groups in total. The van der Waals surface area contributed by atoms with Crippen LogP contribution in [-0.4, -0.2) is 22.0 Å². The van der Waals surface area contributed by atoms with Gasteiger partial charge in [0.2, 0.25) is 0 Å². The van der Waals surface area contributed by atoms with E-state index in [1.54, 1.807) is 0 Å². The van der Waals surface area contributed by atoms with Crippen LogP contribution >= 0.6 is 0 Å². The van der Waals surface area contributed by atoms with Crippen molar-refractivity contribution in [1.29, 1.82) is 0 Å². The molecule has 0 fully saturated rings. The summed E-state index contributed by atoms with van der Waals surface area (Å²) in [5, 5.41) is 0. The first-order valence-electron chi connectivity index (χ1n) is 5.55. The Hall–Kier alpha value is -0.760. The van der Waals surface area contributed by atoms with E-state index in [0.29, 0.717) is 18.1 Å². The average Bonchev–Trinajstić information content (AvgIpc) is 2.50. The molecule has 0 amide bonds. The number of H-pyrrole nitrogens is 1. The number of aromatic nitrogens is 1. The highest BCUT2D eigenvalue weighted by Gasteiger charge is 2.31. The third-order valence-electron chi connectivity index (χ3n) is 3.37. The van der Waals surface area contributed by atoms with E-state index >= 15 is 0 Å². The molecule has 1 aromatic heterocycles. The summed E-state index contributed by atoms with van der Waals surface area (Å²) in [5.41, 5.74) is 2.92. The molecule has 78 valence electrons. The first-order chi connectivity index (χ1) is 6.61. The van der Waals surface area contributed by atoms with E-state index in [0.717, 1.165) is 6.42 Å². The summed E-state index contributed by atoms with van der Waals surface area (Å²) >= 11 is 0. The van der Waals surface area contributed by atoms with Crippen LogP contribution in [0.3, 0.4) is 0 Å². The molecular weight excluding hydrogens is 172 g/mol. The normalized spacial score (nSPS) is 28.1. The molecule has 0 aromatic carbocycles. The molecule has 2 heteroatoms. The summed E-state index contributed by atoms with van der Waals surface area (Å²) in [6, 6.07) is 4.06. The van der Waals surface area contributed by atoms with E-state index in [2.05, 4.69) is 49.8 Å². The Balaban J connectivity index is 2.34. The monoisotopic (exact) mass is 192 g/mol. The molecule has 0 radical (unpaired) electrons. The van der Waals surface area contributed by atoms with Crippen LogP contribution in [-0.2, 0) is 6.42 Å². The highest BCUT2D eigenvalue weighted by atomic mass is 15.2. The highest BCUT2D eigenvalue weighted by Crippen LogP contribution is 2.33. The van der Waals surface area contributed by atoms with Gasteiger partial charge in [-0.25, -0.2) is 0 Å². The van der Waals surface area contributed by atoms with E-state index in [4.69, 9.17) is 0 Å². The van der Waals surface area contributed by atoms with Gasteiger partial charge in [-0.1, -0.05) is 0 Å². The minimum atomic E-state index is 0.556. The molecule has 2 atom stereocenters. The van der Waals surface area contributed by atoms with Crippen molar-refractivity contribution in [3.63, 3.8) is 0 Å². The summed E-state index contributed by atoms with van der Waals surface area (Å²) in [6.07, 6.45) is 3.22. The zero-order valence-corrected chi connectivity index (χ0v) is 9.54. The Labute approximate surface area is 86.3 Å².